The van der Waals surface area contributed by atoms with E-state index in [1.54, 1.807) is 0 Å². The Morgan fingerprint density at radius 1 is 1.38 bits per heavy atom. The number of hydrogen-bond acceptors (Lipinski definition) is 2. The fraction of sp³-hybridized carbons (Fsp3) is 0.643. The molecule has 0 spiro atoms. The highest BCUT2D eigenvalue weighted by molar-refractivity contribution is 5.08. The molecule has 0 aliphatic rings. The largest absolute Gasteiger partial charge is 0.316 e. The molecule has 0 aliphatic heterocycles. The summed E-state index contributed by atoms with van der Waals surface area (Å²) in [6.45, 7) is 11.3. The van der Waals surface area contributed by atoms with Crippen molar-refractivity contribution in [3.05, 3.63) is 30.1 Å². The van der Waals surface area contributed by atoms with Crippen LogP contribution in [0.5, 0.6) is 0 Å². The highest BCUT2D eigenvalue weighted by Gasteiger charge is 2.18. The van der Waals surface area contributed by atoms with E-state index in [0.29, 0.717) is 11.3 Å². The summed E-state index contributed by atoms with van der Waals surface area (Å²) in [6.07, 6.45) is 4.82. The third kappa shape index (κ3) is 4.75. The van der Waals surface area contributed by atoms with Gasteiger partial charge in [0, 0.05) is 12.4 Å². The van der Waals surface area contributed by atoms with Crippen molar-refractivity contribution in [2.45, 2.75) is 34.1 Å². The second-order valence-corrected chi connectivity index (χ2v) is 5.58. The van der Waals surface area contributed by atoms with Crippen LogP contribution in [-0.2, 0) is 6.42 Å². The molecule has 2 heteroatoms. The molecule has 2 nitrogen and oxygen atoms in total. The maximum absolute atomic E-state index is 4.11. The van der Waals surface area contributed by atoms with Gasteiger partial charge in [-0.25, -0.2) is 0 Å². The first kappa shape index (κ1) is 13.2. The van der Waals surface area contributed by atoms with Crippen LogP contribution >= 0.6 is 0 Å². The van der Waals surface area contributed by atoms with Gasteiger partial charge in [0.15, 0.2) is 0 Å². The zero-order valence-electron chi connectivity index (χ0n) is 11.0. The van der Waals surface area contributed by atoms with E-state index in [-0.39, 0.29) is 0 Å². The second kappa shape index (κ2) is 6.00. The molecule has 0 amide bonds. The minimum Gasteiger partial charge on any atom is -0.316 e. The van der Waals surface area contributed by atoms with Crippen molar-refractivity contribution in [2.24, 2.45) is 11.3 Å². The average molecular weight is 220 g/mol. The van der Waals surface area contributed by atoms with Crippen LogP contribution < -0.4 is 5.32 Å². The summed E-state index contributed by atoms with van der Waals surface area (Å²) >= 11 is 0. The lowest BCUT2D eigenvalue weighted by Gasteiger charge is -2.27. The molecule has 16 heavy (non-hydrogen) atoms. The van der Waals surface area contributed by atoms with Crippen LogP contribution in [-0.4, -0.2) is 18.1 Å². The van der Waals surface area contributed by atoms with Gasteiger partial charge < -0.3 is 5.32 Å². The highest BCUT2D eigenvalue weighted by atomic mass is 14.9. The summed E-state index contributed by atoms with van der Waals surface area (Å²) in [6, 6.07) is 4.12. The van der Waals surface area contributed by atoms with Gasteiger partial charge in [-0.3, -0.25) is 4.98 Å². The van der Waals surface area contributed by atoms with Crippen molar-refractivity contribution < 1.29 is 0 Å². The van der Waals surface area contributed by atoms with Crippen molar-refractivity contribution in [1.29, 1.82) is 0 Å². The van der Waals surface area contributed by atoms with Gasteiger partial charge in [-0.05, 0) is 42.5 Å². The lowest BCUT2D eigenvalue weighted by Crippen LogP contribution is -2.30. The molecule has 1 aromatic heterocycles. The van der Waals surface area contributed by atoms with E-state index in [1.165, 1.54) is 5.56 Å². The first-order valence-electron chi connectivity index (χ1n) is 6.10. The molecule has 1 aromatic rings. The number of hydrogen-bond donors (Lipinski definition) is 1. The summed E-state index contributed by atoms with van der Waals surface area (Å²) in [7, 11) is 0. The molecule has 0 bridgehead atoms. The zero-order valence-corrected chi connectivity index (χ0v) is 11.0. The van der Waals surface area contributed by atoms with Crippen LogP contribution in [0.25, 0.3) is 0 Å². The SMILES string of the molecule is CC(CNCCc1cccnc1)C(C)(C)C. The quantitative estimate of drug-likeness (QED) is 0.772. The first-order chi connectivity index (χ1) is 7.50. The molecule has 1 heterocycles. The maximum atomic E-state index is 4.11. The predicted octanol–water partition coefficient (Wildman–Crippen LogP) is 2.90. The van der Waals surface area contributed by atoms with Crippen LogP contribution in [0.1, 0.15) is 33.3 Å². The topological polar surface area (TPSA) is 24.9 Å². The number of pyridine rings is 1. The molecule has 0 aromatic carbocycles. The maximum Gasteiger partial charge on any atom is 0.0300 e. The van der Waals surface area contributed by atoms with Crippen molar-refractivity contribution >= 4 is 0 Å². The second-order valence-electron chi connectivity index (χ2n) is 5.58. The minimum atomic E-state index is 0.390. The Morgan fingerprint density at radius 2 is 2.12 bits per heavy atom. The van der Waals surface area contributed by atoms with Crippen molar-refractivity contribution in [1.82, 2.24) is 10.3 Å². The smallest absolute Gasteiger partial charge is 0.0300 e. The number of nitrogens with zero attached hydrogens (tertiary/aromatic N) is 1. The Kier molecular flexibility index (Phi) is 4.94. The predicted molar refractivity (Wildman–Crippen MR) is 69.4 cm³/mol. The van der Waals surface area contributed by atoms with Gasteiger partial charge in [0.25, 0.3) is 0 Å². The monoisotopic (exact) mass is 220 g/mol. The molecule has 1 unspecified atom stereocenters. The number of nitrogens with one attached hydrogen (secondary N) is 1. The summed E-state index contributed by atoms with van der Waals surface area (Å²) in [5, 5.41) is 3.51. The summed E-state index contributed by atoms with van der Waals surface area (Å²) in [5.74, 6) is 0.696. The molecule has 0 saturated carbocycles. The Hall–Kier alpha value is -0.890. The van der Waals surface area contributed by atoms with E-state index in [2.05, 4.69) is 44.1 Å². The highest BCUT2D eigenvalue weighted by Crippen LogP contribution is 2.24. The van der Waals surface area contributed by atoms with E-state index < -0.39 is 0 Å². The molecule has 1 atom stereocenters. The lowest BCUT2D eigenvalue weighted by molar-refractivity contribution is 0.253. The van der Waals surface area contributed by atoms with E-state index in [0.717, 1.165) is 19.5 Å². The molecule has 0 aliphatic carbocycles. The van der Waals surface area contributed by atoms with Crippen molar-refractivity contribution in [3.8, 4) is 0 Å². The summed E-state index contributed by atoms with van der Waals surface area (Å²) < 4.78 is 0. The molecule has 1 rings (SSSR count). The Balaban J connectivity index is 2.18. The third-order valence-electron chi connectivity index (χ3n) is 3.24. The summed E-state index contributed by atoms with van der Waals surface area (Å²) in [5.41, 5.74) is 1.69. The van der Waals surface area contributed by atoms with Crippen molar-refractivity contribution in [3.63, 3.8) is 0 Å². The van der Waals surface area contributed by atoms with Crippen LogP contribution in [0.3, 0.4) is 0 Å². The fourth-order valence-electron chi connectivity index (χ4n) is 1.40. The first-order valence-corrected chi connectivity index (χ1v) is 6.10. The van der Waals surface area contributed by atoms with E-state index in [9.17, 15) is 0 Å². The number of aromatic nitrogens is 1. The van der Waals surface area contributed by atoms with E-state index >= 15 is 0 Å². The van der Waals surface area contributed by atoms with Crippen LogP contribution in [0.4, 0.5) is 0 Å². The van der Waals surface area contributed by atoms with E-state index in [4.69, 9.17) is 0 Å². The summed E-state index contributed by atoms with van der Waals surface area (Å²) in [4.78, 5) is 4.11. The van der Waals surface area contributed by atoms with E-state index in [1.807, 2.05) is 18.5 Å². The molecule has 0 saturated heterocycles. The molecule has 0 radical (unpaired) electrons. The number of rotatable bonds is 5. The van der Waals surface area contributed by atoms with Gasteiger partial charge in [0.2, 0.25) is 0 Å². The molecule has 90 valence electrons. The zero-order chi connectivity index (χ0) is 12.0. The van der Waals surface area contributed by atoms with Crippen LogP contribution in [0.2, 0.25) is 0 Å². The van der Waals surface area contributed by atoms with Crippen LogP contribution in [0.15, 0.2) is 24.5 Å². The van der Waals surface area contributed by atoms with Gasteiger partial charge in [-0.1, -0.05) is 33.8 Å². The molecule has 1 N–H and O–H groups in total. The fourth-order valence-corrected chi connectivity index (χ4v) is 1.40. The Bertz CT molecular complexity index is 287. The molecular formula is C14H24N2. The minimum absolute atomic E-state index is 0.390. The molecule has 0 fully saturated rings. The lowest BCUT2D eigenvalue weighted by atomic mass is 9.82. The van der Waals surface area contributed by atoms with Gasteiger partial charge in [0.1, 0.15) is 0 Å². The van der Waals surface area contributed by atoms with Crippen LogP contribution in [0, 0.1) is 11.3 Å². The normalized spacial score (nSPS) is 13.8. The van der Waals surface area contributed by atoms with Gasteiger partial charge in [-0.2, -0.15) is 0 Å². The van der Waals surface area contributed by atoms with Gasteiger partial charge >= 0.3 is 0 Å². The average Bonchev–Trinajstić information content (AvgIpc) is 2.24. The van der Waals surface area contributed by atoms with Crippen molar-refractivity contribution in [2.75, 3.05) is 13.1 Å². The third-order valence-corrected chi connectivity index (χ3v) is 3.24. The van der Waals surface area contributed by atoms with Gasteiger partial charge in [-0.15, -0.1) is 0 Å². The molecular weight excluding hydrogens is 196 g/mol. The standard InChI is InChI=1S/C14H24N2/c1-12(14(2,3)4)10-16-9-7-13-6-5-8-15-11-13/h5-6,8,11-12,16H,7,9-10H2,1-4H3. The Labute approximate surface area is 99.5 Å². The Morgan fingerprint density at radius 3 is 2.69 bits per heavy atom. The van der Waals surface area contributed by atoms with Gasteiger partial charge in [0.05, 0.1) is 0 Å².